The molecule has 1 fully saturated rings. The molecule has 12 heteroatoms. The Morgan fingerprint density at radius 3 is 2.67 bits per heavy atom. The molecule has 4 rings (SSSR count). The fraction of sp³-hybridized carbons (Fsp3) is 0.333. The Hall–Kier alpha value is -2.73. The van der Waals surface area contributed by atoms with Gasteiger partial charge in [0.25, 0.3) is 5.56 Å². The summed E-state index contributed by atoms with van der Waals surface area (Å²) < 4.78 is 50.5. The summed E-state index contributed by atoms with van der Waals surface area (Å²) in [6, 6.07) is 5.68. The molecule has 1 saturated heterocycles. The molecule has 0 aliphatic carbocycles. The second kappa shape index (κ2) is 8.90. The largest absolute Gasteiger partial charge is 0.380 e. The maximum Gasteiger partial charge on any atom is 0.301 e. The minimum atomic E-state index is -3.91. The van der Waals surface area contributed by atoms with Gasteiger partial charge >= 0.3 is 10.2 Å². The number of anilines is 3. The predicted molar refractivity (Wildman–Crippen MR) is 126 cm³/mol. The SMILES string of the molecule is COC1CCN(S(=O)(=O)Nc2ccc(F)c(Nc3ccc4ncn(C)c(=O)c4c3C)c2Cl)C1. The fourth-order valence-corrected chi connectivity index (χ4v) is 5.37. The van der Waals surface area contributed by atoms with Gasteiger partial charge in [0.2, 0.25) is 0 Å². The summed E-state index contributed by atoms with van der Waals surface area (Å²) in [6.45, 7) is 2.23. The molecule has 1 atom stereocenters. The van der Waals surface area contributed by atoms with Crippen LogP contribution < -0.4 is 15.6 Å². The molecule has 1 aliphatic heterocycles. The molecule has 1 aromatic heterocycles. The minimum Gasteiger partial charge on any atom is -0.380 e. The Morgan fingerprint density at radius 1 is 1.24 bits per heavy atom. The average Bonchev–Trinajstić information content (AvgIpc) is 3.27. The van der Waals surface area contributed by atoms with E-state index in [4.69, 9.17) is 16.3 Å². The normalized spacial score (nSPS) is 16.9. The molecule has 1 aliphatic rings. The number of hydrogen-bond donors (Lipinski definition) is 2. The van der Waals surface area contributed by atoms with Gasteiger partial charge in [-0.2, -0.15) is 12.7 Å². The summed E-state index contributed by atoms with van der Waals surface area (Å²) in [5, 5.41) is 3.16. The molecule has 0 spiro atoms. The first-order valence-electron chi connectivity index (χ1n) is 10.1. The zero-order chi connectivity index (χ0) is 23.9. The summed E-state index contributed by atoms with van der Waals surface area (Å²) in [7, 11) is -0.788. The van der Waals surface area contributed by atoms with Crippen molar-refractivity contribution in [3.63, 3.8) is 0 Å². The Kier molecular flexibility index (Phi) is 6.32. The number of hydrogen-bond acceptors (Lipinski definition) is 6. The van der Waals surface area contributed by atoms with Crippen molar-refractivity contribution in [3.8, 4) is 0 Å². The second-order valence-corrected chi connectivity index (χ2v) is 9.86. The van der Waals surface area contributed by atoms with Gasteiger partial charge in [-0.05, 0) is 43.2 Å². The number of fused-ring (bicyclic) bond motifs is 1. The van der Waals surface area contributed by atoms with E-state index >= 15 is 0 Å². The molecule has 33 heavy (non-hydrogen) atoms. The molecule has 2 heterocycles. The van der Waals surface area contributed by atoms with Crippen molar-refractivity contribution >= 4 is 49.8 Å². The maximum absolute atomic E-state index is 14.7. The van der Waals surface area contributed by atoms with E-state index in [-0.39, 0.29) is 34.6 Å². The number of nitrogens with zero attached hydrogens (tertiary/aromatic N) is 3. The summed E-state index contributed by atoms with van der Waals surface area (Å²) in [6.07, 6.45) is 1.83. The molecular weight excluding hydrogens is 473 g/mol. The van der Waals surface area contributed by atoms with Gasteiger partial charge in [-0.1, -0.05) is 11.6 Å². The number of methoxy groups -OCH3 is 1. The third-order valence-corrected chi connectivity index (χ3v) is 7.60. The summed E-state index contributed by atoms with van der Waals surface area (Å²) in [5.74, 6) is -0.679. The van der Waals surface area contributed by atoms with Gasteiger partial charge in [0, 0.05) is 32.9 Å². The van der Waals surface area contributed by atoms with E-state index in [9.17, 15) is 17.6 Å². The van der Waals surface area contributed by atoms with E-state index in [2.05, 4.69) is 15.0 Å². The van der Waals surface area contributed by atoms with Crippen molar-refractivity contribution in [2.45, 2.75) is 19.4 Å². The van der Waals surface area contributed by atoms with Crippen molar-refractivity contribution in [1.82, 2.24) is 13.9 Å². The van der Waals surface area contributed by atoms with Crippen LogP contribution in [0.1, 0.15) is 12.0 Å². The molecule has 0 bridgehead atoms. The van der Waals surface area contributed by atoms with E-state index in [1.165, 1.54) is 28.4 Å². The van der Waals surface area contributed by atoms with E-state index in [1.807, 2.05) is 0 Å². The van der Waals surface area contributed by atoms with Crippen molar-refractivity contribution in [1.29, 1.82) is 0 Å². The molecular formula is C21H23ClFN5O4S. The van der Waals surface area contributed by atoms with Crippen molar-refractivity contribution in [2.75, 3.05) is 30.2 Å². The number of rotatable bonds is 6. The van der Waals surface area contributed by atoms with Crippen molar-refractivity contribution < 1.29 is 17.5 Å². The number of halogens is 2. The number of ether oxygens (including phenoxy) is 1. The molecule has 0 radical (unpaired) electrons. The second-order valence-electron chi connectivity index (χ2n) is 7.81. The first-order chi connectivity index (χ1) is 15.6. The smallest absolute Gasteiger partial charge is 0.301 e. The monoisotopic (exact) mass is 495 g/mol. The van der Waals surface area contributed by atoms with Crippen molar-refractivity contribution in [2.24, 2.45) is 7.05 Å². The highest BCUT2D eigenvalue weighted by Crippen LogP contribution is 2.37. The Labute approximate surface area is 195 Å². The van der Waals surface area contributed by atoms with Crippen LogP contribution in [-0.4, -0.2) is 48.6 Å². The third kappa shape index (κ3) is 4.41. The first-order valence-corrected chi connectivity index (χ1v) is 11.9. The van der Waals surface area contributed by atoms with Gasteiger partial charge in [0.05, 0.1) is 39.7 Å². The van der Waals surface area contributed by atoms with Crippen LogP contribution in [0.4, 0.5) is 21.5 Å². The number of aryl methyl sites for hydroxylation is 2. The molecule has 9 nitrogen and oxygen atoms in total. The quantitative estimate of drug-likeness (QED) is 0.544. The van der Waals surface area contributed by atoms with Crippen LogP contribution in [0.5, 0.6) is 0 Å². The van der Waals surface area contributed by atoms with E-state index < -0.39 is 16.0 Å². The van der Waals surface area contributed by atoms with Crippen LogP contribution in [-0.2, 0) is 22.0 Å². The lowest BCUT2D eigenvalue weighted by Crippen LogP contribution is -2.35. The summed E-state index contributed by atoms with van der Waals surface area (Å²) >= 11 is 6.41. The summed E-state index contributed by atoms with van der Waals surface area (Å²) in [5.41, 5.74) is 1.18. The zero-order valence-electron chi connectivity index (χ0n) is 18.2. The summed E-state index contributed by atoms with van der Waals surface area (Å²) in [4.78, 5) is 16.8. The first kappa shape index (κ1) is 23.4. The van der Waals surface area contributed by atoms with Crippen LogP contribution >= 0.6 is 11.6 Å². The molecule has 1 unspecified atom stereocenters. The van der Waals surface area contributed by atoms with Crippen LogP contribution in [0, 0.1) is 12.7 Å². The maximum atomic E-state index is 14.7. The van der Waals surface area contributed by atoms with Gasteiger partial charge in [-0.15, -0.1) is 0 Å². The average molecular weight is 496 g/mol. The van der Waals surface area contributed by atoms with E-state index in [0.29, 0.717) is 35.1 Å². The highest BCUT2D eigenvalue weighted by molar-refractivity contribution is 7.90. The molecule has 0 amide bonds. The van der Waals surface area contributed by atoms with Gasteiger partial charge in [0.15, 0.2) is 0 Å². The number of aromatic nitrogens is 2. The lowest BCUT2D eigenvalue weighted by Gasteiger charge is -2.20. The van der Waals surface area contributed by atoms with Crippen molar-refractivity contribution in [3.05, 3.63) is 57.3 Å². The standard InChI is InChI=1S/C21H23ClFN5O4S/c1-12-15(6-7-16-18(12)21(29)27(2)11-24-16)25-20-14(23)4-5-17(19(20)22)26-33(30,31)28-9-8-13(10-28)32-3/h4-7,11,13,25-26H,8-10H2,1-3H3. The number of benzene rings is 2. The van der Waals surface area contributed by atoms with Gasteiger partial charge in [-0.25, -0.2) is 9.37 Å². The molecule has 2 aromatic carbocycles. The van der Waals surface area contributed by atoms with E-state index in [0.717, 1.165) is 6.07 Å². The van der Waals surface area contributed by atoms with Crippen LogP contribution in [0.3, 0.4) is 0 Å². The lowest BCUT2D eigenvalue weighted by molar-refractivity contribution is 0.115. The van der Waals surface area contributed by atoms with Gasteiger partial charge in [0.1, 0.15) is 5.82 Å². The predicted octanol–water partition coefficient (Wildman–Crippen LogP) is 3.16. The Balaban J connectivity index is 1.68. The minimum absolute atomic E-state index is 0.0254. The molecule has 176 valence electrons. The zero-order valence-corrected chi connectivity index (χ0v) is 19.8. The Bertz CT molecular complexity index is 1400. The number of nitrogens with one attached hydrogen (secondary N) is 2. The third-order valence-electron chi connectivity index (χ3n) is 5.72. The topological polar surface area (TPSA) is 106 Å². The van der Waals surface area contributed by atoms with Crippen LogP contribution in [0.25, 0.3) is 10.9 Å². The highest BCUT2D eigenvalue weighted by Gasteiger charge is 2.32. The van der Waals surface area contributed by atoms with E-state index in [1.54, 1.807) is 26.1 Å². The molecule has 2 N–H and O–H groups in total. The fourth-order valence-electron chi connectivity index (χ4n) is 3.78. The van der Waals surface area contributed by atoms with Gasteiger partial charge in [-0.3, -0.25) is 9.52 Å². The van der Waals surface area contributed by atoms with Crippen LogP contribution in [0.15, 0.2) is 35.4 Å². The Morgan fingerprint density at radius 2 is 1.97 bits per heavy atom. The highest BCUT2D eigenvalue weighted by atomic mass is 35.5. The molecule has 3 aromatic rings. The lowest BCUT2D eigenvalue weighted by atomic mass is 10.1. The van der Waals surface area contributed by atoms with Gasteiger partial charge < -0.3 is 14.6 Å². The van der Waals surface area contributed by atoms with Crippen LogP contribution in [0.2, 0.25) is 5.02 Å². The molecule has 0 saturated carbocycles.